The lowest BCUT2D eigenvalue weighted by atomic mass is 9.98. The first-order chi connectivity index (χ1) is 13.2. The molecule has 2 bridgehead atoms. The molecule has 1 fully saturated rings. The van der Waals surface area contributed by atoms with Gasteiger partial charge in [-0.05, 0) is 25.8 Å². The summed E-state index contributed by atoms with van der Waals surface area (Å²) >= 11 is 0. The van der Waals surface area contributed by atoms with Crippen LogP contribution in [0, 0.1) is 0 Å². The van der Waals surface area contributed by atoms with E-state index >= 15 is 0 Å². The van der Waals surface area contributed by atoms with Crippen molar-refractivity contribution in [1.29, 1.82) is 0 Å². The van der Waals surface area contributed by atoms with Gasteiger partial charge in [0.05, 0.1) is 11.7 Å². The summed E-state index contributed by atoms with van der Waals surface area (Å²) in [6.45, 7) is 2.78. The second-order valence-electron chi connectivity index (χ2n) is 7.18. The van der Waals surface area contributed by atoms with Gasteiger partial charge in [0.15, 0.2) is 5.82 Å². The van der Waals surface area contributed by atoms with Crippen LogP contribution in [0.2, 0.25) is 0 Å². The van der Waals surface area contributed by atoms with Crippen LogP contribution < -0.4 is 0 Å². The number of aryl methyl sites for hydroxylation is 1. The molecule has 0 radical (unpaired) electrons. The zero-order valence-corrected chi connectivity index (χ0v) is 15.2. The third-order valence-corrected chi connectivity index (χ3v) is 5.64. The summed E-state index contributed by atoms with van der Waals surface area (Å²) in [6.07, 6.45) is 6.53. The van der Waals surface area contributed by atoms with Crippen molar-refractivity contribution in [2.45, 2.75) is 44.8 Å². The second kappa shape index (κ2) is 6.30. The highest BCUT2D eigenvalue weighted by molar-refractivity contribution is 5.93. The monoisotopic (exact) mass is 359 g/mol. The molecule has 0 unspecified atom stereocenters. The molecule has 1 aromatic carbocycles. The van der Waals surface area contributed by atoms with Gasteiger partial charge in [-0.3, -0.25) is 9.48 Å². The predicted octanol–water partition coefficient (Wildman–Crippen LogP) is 3.26. The number of aromatic nitrogens is 4. The quantitative estimate of drug-likeness (QED) is 0.720. The van der Waals surface area contributed by atoms with Crippen LogP contribution in [0.4, 0.5) is 0 Å². The molecule has 27 heavy (non-hydrogen) atoms. The lowest BCUT2D eigenvalue weighted by Crippen LogP contribution is -2.42. The Morgan fingerprint density at radius 3 is 2.81 bits per heavy atom. The summed E-state index contributed by atoms with van der Waals surface area (Å²) < 4.78 is 1.79. The average Bonchev–Trinajstić information content (AvgIpc) is 3.32. The topological polar surface area (TPSA) is 63.9 Å². The fourth-order valence-corrected chi connectivity index (χ4v) is 4.30. The molecule has 1 saturated heterocycles. The van der Waals surface area contributed by atoms with E-state index in [1.165, 1.54) is 0 Å². The molecule has 6 nitrogen and oxygen atoms in total. The molecule has 0 aliphatic carbocycles. The smallest absolute Gasteiger partial charge is 0.275 e. The van der Waals surface area contributed by atoms with Crippen LogP contribution in [0.5, 0.6) is 0 Å². The lowest BCUT2D eigenvalue weighted by Gasteiger charge is -2.35. The van der Waals surface area contributed by atoms with Gasteiger partial charge in [-0.2, -0.15) is 5.10 Å². The van der Waals surface area contributed by atoms with Crippen molar-refractivity contribution in [3.8, 4) is 11.4 Å². The minimum absolute atomic E-state index is 0.0208. The Morgan fingerprint density at radius 1 is 1.19 bits per heavy atom. The first kappa shape index (κ1) is 16.2. The predicted molar refractivity (Wildman–Crippen MR) is 101 cm³/mol. The maximum absolute atomic E-state index is 13.1. The normalized spacial score (nSPS) is 20.6. The van der Waals surface area contributed by atoms with E-state index in [0.717, 1.165) is 48.5 Å². The van der Waals surface area contributed by atoms with Crippen molar-refractivity contribution in [2.75, 3.05) is 0 Å². The molecular formula is C21H21N5O. The molecule has 0 N–H and O–H groups in total. The van der Waals surface area contributed by atoms with Crippen molar-refractivity contribution >= 4 is 5.91 Å². The van der Waals surface area contributed by atoms with Gasteiger partial charge in [-0.15, -0.1) is 0 Å². The zero-order valence-electron chi connectivity index (χ0n) is 15.2. The maximum atomic E-state index is 13.1. The Bertz CT molecular complexity index is 997. The highest BCUT2D eigenvalue weighted by Crippen LogP contribution is 2.43. The fraction of sp³-hybridized carbons (Fsp3) is 0.333. The molecule has 5 rings (SSSR count). The van der Waals surface area contributed by atoms with Crippen LogP contribution in [0.15, 0.2) is 48.8 Å². The third kappa shape index (κ3) is 2.63. The molecule has 2 aliphatic rings. The number of benzene rings is 1. The van der Waals surface area contributed by atoms with Crippen LogP contribution in [-0.4, -0.2) is 36.6 Å². The standard InChI is InChI=1S/C21H21N5O/c1-2-25-11-10-17(24-25)21(27)26-15-8-9-19(26)16-13-22-20(23-18(16)12-15)14-6-4-3-5-7-14/h3-7,10-11,13,15,19H,2,8-9,12H2,1H3/t15-,19+/m0/s1. The SMILES string of the molecule is CCn1ccc(C(=O)N2[C@H]3CC[C@@H]2c2cnc(-c4ccccc4)nc2C3)n1. The molecule has 6 heteroatoms. The van der Waals surface area contributed by atoms with Gasteiger partial charge in [0.25, 0.3) is 5.91 Å². The van der Waals surface area contributed by atoms with Gasteiger partial charge >= 0.3 is 0 Å². The number of hydrogen-bond acceptors (Lipinski definition) is 4. The van der Waals surface area contributed by atoms with Crippen LogP contribution >= 0.6 is 0 Å². The van der Waals surface area contributed by atoms with E-state index in [1.54, 1.807) is 4.68 Å². The molecule has 0 spiro atoms. The average molecular weight is 359 g/mol. The molecule has 0 saturated carbocycles. The number of carbonyl (C=O) groups is 1. The van der Waals surface area contributed by atoms with Crippen LogP contribution in [0.1, 0.15) is 47.6 Å². The third-order valence-electron chi connectivity index (χ3n) is 5.64. The van der Waals surface area contributed by atoms with E-state index in [4.69, 9.17) is 4.98 Å². The van der Waals surface area contributed by atoms with Crippen LogP contribution in [-0.2, 0) is 13.0 Å². The molecule has 1 amide bonds. The minimum atomic E-state index is 0.0208. The lowest BCUT2D eigenvalue weighted by molar-refractivity contribution is 0.0637. The number of nitrogens with zero attached hydrogens (tertiary/aromatic N) is 5. The number of hydrogen-bond donors (Lipinski definition) is 0. The van der Waals surface area contributed by atoms with Gasteiger partial charge in [0.1, 0.15) is 5.69 Å². The fourth-order valence-electron chi connectivity index (χ4n) is 4.30. The Labute approximate surface area is 157 Å². The first-order valence-corrected chi connectivity index (χ1v) is 9.52. The molecule has 3 aromatic rings. The largest absolute Gasteiger partial charge is 0.327 e. The number of amides is 1. The minimum Gasteiger partial charge on any atom is -0.327 e. The Balaban J connectivity index is 1.48. The van der Waals surface area contributed by atoms with Gasteiger partial charge in [-0.1, -0.05) is 30.3 Å². The molecule has 4 heterocycles. The summed E-state index contributed by atoms with van der Waals surface area (Å²) in [4.78, 5) is 24.5. The zero-order chi connectivity index (χ0) is 18.4. The Kier molecular flexibility index (Phi) is 3.77. The van der Waals surface area contributed by atoms with E-state index in [9.17, 15) is 4.79 Å². The number of carbonyl (C=O) groups excluding carboxylic acids is 1. The van der Waals surface area contributed by atoms with E-state index in [-0.39, 0.29) is 18.0 Å². The summed E-state index contributed by atoms with van der Waals surface area (Å²) in [5.41, 5.74) is 3.72. The Hall–Kier alpha value is -3.02. The van der Waals surface area contributed by atoms with Gasteiger partial charge in [-0.25, -0.2) is 9.97 Å². The van der Waals surface area contributed by atoms with E-state index in [0.29, 0.717) is 5.69 Å². The molecule has 2 atom stereocenters. The Morgan fingerprint density at radius 2 is 2.04 bits per heavy atom. The van der Waals surface area contributed by atoms with Gasteiger partial charge in [0.2, 0.25) is 0 Å². The van der Waals surface area contributed by atoms with Crippen LogP contribution in [0.3, 0.4) is 0 Å². The van der Waals surface area contributed by atoms with Crippen molar-refractivity contribution in [1.82, 2.24) is 24.6 Å². The highest BCUT2D eigenvalue weighted by Gasteiger charge is 2.44. The van der Waals surface area contributed by atoms with Crippen molar-refractivity contribution in [3.05, 3.63) is 65.7 Å². The molecule has 2 aliphatic heterocycles. The number of fused-ring (bicyclic) bond motifs is 4. The second-order valence-corrected chi connectivity index (χ2v) is 7.18. The summed E-state index contributed by atoms with van der Waals surface area (Å²) in [5.74, 6) is 0.780. The van der Waals surface area contributed by atoms with E-state index < -0.39 is 0 Å². The molecule has 2 aromatic heterocycles. The maximum Gasteiger partial charge on any atom is 0.275 e. The first-order valence-electron chi connectivity index (χ1n) is 9.52. The van der Waals surface area contributed by atoms with Gasteiger partial charge in [0, 0.05) is 42.5 Å². The van der Waals surface area contributed by atoms with E-state index in [2.05, 4.69) is 10.1 Å². The molecule has 136 valence electrons. The summed E-state index contributed by atoms with van der Waals surface area (Å²) in [5, 5.41) is 4.40. The number of rotatable bonds is 3. The van der Waals surface area contributed by atoms with Crippen LogP contribution in [0.25, 0.3) is 11.4 Å². The van der Waals surface area contributed by atoms with Crippen molar-refractivity contribution < 1.29 is 4.79 Å². The summed E-state index contributed by atoms with van der Waals surface area (Å²) in [7, 11) is 0. The van der Waals surface area contributed by atoms with Gasteiger partial charge < -0.3 is 4.90 Å². The summed E-state index contributed by atoms with van der Waals surface area (Å²) in [6, 6.07) is 12.1. The van der Waals surface area contributed by atoms with E-state index in [1.807, 2.05) is 60.6 Å². The highest BCUT2D eigenvalue weighted by atomic mass is 16.2. The molecular weight excluding hydrogens is 338 g/mol. The van der Waals surface area contributed by atoms with Crippen molar-refractivity contribution in [3.63, 3.8) is 0 Å². The van der Waals surface area contributed by atoms with Crippen molar-refractivity contribution in [2.24, 2.45) is 0 Å².